The summed E-state index contributed by atoms with van der Waals surface area (Å²) in [5, 5.41) is 16.5. The van der Waals surface area contributed by atoms with Gasteiger partial charge in [-0.25, -0.2) is 4.68 Å². The number of halogens is 1. The van der Waals surface area contributed by atoms with Crippen molar-refractivity contribution in [2.45, 2.75) is 39.0 Å². The van der Waals surface area contributed by atoms with Crippen LogP contribution in [0.25, 0.3) is 0 Å². The fourth-order valence-corrected chi connectivity index (χ4v) is 1.94. The molecule has 2 unspecified atom stereocenters. The number of nitrogens with one attached hydrogen (secondary N) is 1. The van der Waals surface area contributed by atoms with Gasteiger partial charge in [-0.2, -0.15) is 5.10 Å². The van der Waals surface area contributed by atoms with Crippen molar-refractivity contribution in [3.63, 3.8) is 0 Å². The second-order valence-corrected chi connectivity index (χ2v) is 4.90. The van der Waals surface area contributed by atoms with E-state index in [1.807, 2.05) is 6.92 Å². The largest absolute Gasteiger partial charge is 0.393 e. The minimum Gasteiger partial charge on any atom is -0.393 e. The van der Waals surface area contributed by atoms with Crippen LogP contribution in [0.5, 0.6) is 0 Å². The lowest BCUT2D eigenvalue weighted by Crippen LogP contribution is -2.28. The molecule has 0 spiro atoms. The van der Waals surface area contributed by atoms with Crippen LogP contribution in [-0.2, 0) is 11.3 Å². The zero-order valence-corrected chi connectivity index (χ0v) is 12.1. The smallest absolute Gasteiger partial charge is 0.287 e. The molecule has 0 aliphatic carbocycles. The molecule has 0 aliphatic rings. The van der Waals surface area contributed by atoms with Crippen LogP contribution in [0.4, 0.5) is 5.69 Å². The molecule has 2 atom stereocenters. The van der Waals surface area contributed by atoms with E-state index in [1.54, 1.807) is 14.0 Å². The summed E-state index contributed by atoms with van der Waals surface area (Å²) in [7, 11) is 1.56. The van der Waals surface area contributed by atoms with E-state index < -0.39 is 6.10 Å². The van der Waals surface area contributed by atoms with Gasteiger partial charge in [-0.05, 0) is 20.3 Å². The second-order valence-electron chi connectivity index (χ2n) is 4.52. The normalized spacial score (nSPS) is 14.2. The van der Waals surface area contributed by atoms with Gasteiger partial charge in [0.25, 0.3) is 5.56 Å². The Kier molecular flexibility index (Phi) is 6.27. The van der Waals surface area contributed by atoms with Gasteiger partial charge in [0.1, 0.15) is 5.02 Å². The molecule has 0 bridgehead atoms. The molecule has 0 aliphatic heterocycles. The van der Waals surface area contributed by atoms with Gasteiger partial charge < -0.3 is 15.2 Å². The summed E-state index contributed by atoms with van der Waals surface area (Å²) in [5.41, 5.74) is 0.126. The highest BCUT2D eigenvalue weighted by atomic mass is 35.5. The topological polar surface area (TPSA) is 76.4 Å². The Morgan fingerprint density at radius 2 is 2.26 bits per heavy atom. The molecule has 6 nitrogen and oxygen atoms in total. The summed E-state index contributed by atoms with van der Waals surface area (Å²) in [4.78, 5) is 11.9. The number of hydrogen-bond donors (Lipinski definition) is 2. The summed E-state index contributed by atoms with van der Waals surface area (Å²) in [6, 6.07) is -0.00600. The molecule has 0 saturated heterocycles. The van der Waals surface area contributed by atoms with Crippen LogP contribution in [0.15, 0.2) is 11.0 Å². The zero-order chi connectivity index (χ0) is 14.4. The molecule has 0 saturated carbocycles. The van der Waals surface area contributed by atoms with E-state index in [2.05, 4.69) is 10.4 Å². The second kappa shape index (κ2) is 7.47. The standard InChI is InChI=1S/C12H20ClN3O3/c1-8(6-9(2)17)15-10-7-14-16(4-5-19-3)12(18)11(10)13/h7-9,15,17H,4-6H2,1-3H3. The molecule has 7 heteroatoms. The highest BCUT2D eigenvalue weighted by molar-refractivity contribution is 6.32. The molecule has 1 aromatic heterocycles. The van der Waals surface area contributed by atoms with Gasteiger partial charge in [0.15, 0.2) is 0 Å². The number of anilines is 1. The maximum Gasteiger partial charge on any atom is 0.287 e. The molecule has 0 aromatic carbocycles. The van der Waals surface area contributed by atoms with Crippen molar-refractivity contribution >= 4 is 17.3 Å². The molecule has 0 radical (unpaired) electrons. The van der Waals surface area contributed by atoms with Crippen LogP contribution < -0.4 is 10.9 Å². The molecule has 19 heavy (non-hydrogen) atoms. The number of aliphatic hydroxyl groups excluding tert-OH is 1. The fourth-order valence-electron chi connectivity index (χ4n) is 1.74. The van der Waals surface area contributed by atoms with Gasteiger partial charge in [0.2, 0.25) is 0 Å². The van der Waals surface area contributed by atoms with Gasteiger partial charge in [0.05, 0.1) is 31.1 Å². The average Bonchev–Trinajstić information content (AvgIpc) is 2.33. The Morgan fingerprint density at radius 1 is 1.58 bits per heavy atom. The summed E-state index contributed by atoms with van der Waals surface area (Å²) < 4.78 is 6.15. The maximum atomic E-state index is 11.9. The van der Waals surface area contributed by atoms with Crippen LogP contribution in [0.1, 0.15) is 20.3 Å². The van der Waals surface area contributed by atoms with Crippen molar-refractivity contribution in [1.82, 2.24) is 9.78 Å². The molecule has 1 heterocycles. The minimum atomic E-state index is -0.420. The highest BCUT2D eigenvalue weighted by Crippen LogP contribution is 2.17. The minimum absolute atomic E-state index is 0.00600. The number of hydrogen-bond acceptors (Lipinski definition) is 5. The molecular weight excluding hydrogens is 270 g/mol. The summed E-state index contributed by atoms with van der Waals surface area (Å²) in [6.07, 6.45) is 1.65. The average molecular weight is 290 g/mol. The van der Waals surface area contributed by atoms with Crippen LogP contribution in [0.2, 0.25) is 5.02 Å². The summed E-state index contributed by atoms with van der Waals surface area (Å²) >= 11 is 6.02. The number of nitrogens with zero attached hydrogens (tertiary/aromatic N) is 2. The number of methoxy groups -OCH3 is 1. The van der Waals surface area contributed by atoms with Gasteiger partial charge in [-0.15, -0.1) is 0 Å². The SMILES string of the molecule is COCCn1ncc(NC(C)CC(C)O)c(Cl)c1=O. The van der Waals surface area contributed by atoms with Crippen LogP contribution >= 0.6 is 11.6 Å². The monoisotopic (exact) mass is 289 g/mol. The van der Waals surface area contributed by atoms with Crippen LogP contribution in [0.3, 0.4) is 0 Å². The van der Waals surface area contributed by atoms with E-state index in [-0.39, 0.29) is 16.6 Å². The quantitative estimate of drug-likeness (QED) is 0.786. The maximum absolute atomic E-state index is 11.9. The van der Waals surface area contributed by atoms with Gasteiger partial charge in [-0.1, -0.05) is 11.6 Å². The van der Waals surface area contributed by atoms with Gasteiger partial charge in [0, 0.05) is 13.2 Å². The van der Waals surface area contributed by atoms with Crippen molar-refractivity contribution in [3.8, 4) is 0 Å². The molecule has 1 rings (SSSR count). The van der Waals surface area contributed by atoms with Crippen LogP contribution in [0, 0.1) is 0 Å². The first kappa shape index (κ1) is 15.9. The predicted molar refractivity (Wildman–Crippen MR) is 74.8 cm³/mol. The summed E-state index contributed by atoms with van der Waals surface area (Å²) in [6.45, 7) is 4.37. The van der Waals surface area contributed by atoms with Crippen molar-refractivity contribution in [3.05, 3.63) is 21.6 Å². The Morgan fingerprint density at radius 3 is 2.84 bits per heavy atom. The Labute approximate surface area is 117 Å². The van der Waals surface area contributed by atoms with Gasteiger partial charge in [-0.3, -0.25) is 4.79 Å². The lowest BCUT2D eigenvalue weighted by Gasteiger charge is -2.17. The Balaban J connectivity index is 2.81. The first-order valence-corrected chi connectivity index (χ1v) is 6.52. The van der Waals surface area contributed by atoms with E-state index in [0.717, 1.165) is 0 Å². The molecule has 0 amide bonds. The summed E-state index contributed by atoms with van der Waals surface area (Å²) in [5.74, 6) is 0. The Hall–Kier alpha value is -1.11. The number of ether oxygens (including phenoxy) is 1. The first-order valence-electron chi connectivity index (χ1n) is 6.14. The molecule has 2 N–H and O–H groups in total. The first-order chi connectivity index (χ1) is 8.95. The van der Waals surface area contributed by atoms with Crippen molar-refractivity contribution in [2.75, 3.05) is 19.0 Å². The number of aromatic nitrogens is 2. The van der Waals surface area contributed by atoms with E-state index >= 15 is 0 Å². The third kappa shape index (κ3) is 4.81. The fraction of sp³-hybridized carbons (Fsp3) is 0.667. The zero-order valence-electron chi connectivity index (χ0n) is 11.4. The van der Waals surface area contributed by atoms with Crippen LogP contribution in [-0.4, -0.2) is 40.7 Å². The molecule has 0 fully saturated rings. The molecular formula is C12H20ClN3O3. The van der Waals surface area contributed by atoms with E-state index in [4.69, 9.17) is 16.3 Å². The predicted octanol–water partition coefficient (Wildman–Crippen LogP) is 1.11. The van der Waals surface area contributed by atoms with E-state index in [1.165, 1.54) is 10.9 Å². The van der Waals surface area contributed by atoms with Crippen molar-refractivity contribution < 1.29 is 9.84 Å². The molecule has 1 aromatic rings. The van der Waals surface area contributed by atoms with Crippen molar-refractivity contribution in [1.29, 1.82) is 0 Å². The van der Waals surface area contributed by atoms with E-state index in [9.17, 15) is 9.90 Å². The number of rotatable bonds is 7. The number of aliphatic hydroxyl groups is 1. The van der Waals surface area contributed by atoms with E-state index in [0.29, 0.717) is 25.3 Å². The lowest BCUT2D eigenvalue weighted by atomic mass is 10.1. The lowest BCUT2D eigenvalue weighted by molar-refractivity contribution is 0.179. The van der Waals surface area contributed by atoms with Gasteiger partial charge >= 0.3 is 0 Å². The third-order valence-corrected chi connectivity index (χ3v) is 2.95. The highest BCUT2D eigenvalue weighted by Gasteiger charge is 2.12. The van der Waals surface area contributed by atoms with Crippen molar-refractivity contribution in [2.24, 2.45) is 0 Å². The third-order valence-electron chi connectivity index (χ3n) is 2.59. The molecule has 108 valence electrons. The Bertz CT molecular complexity index is 462.